The Morgan fingerprint density at radius 3 is 2.90 bits per heavy atom. The quantitative estimate of drug-likeness (QED) is 0.665. The molecule has 0 aromatic heterocycles. The van der Waals surface area contributed by atoms with Gasteiger partial charge in [-0.2, -0.15) is 11.8 Å². The number of nitrogens with one attached hydrogen (secondary N) is 1. The van der Waals surface area contributed by atoms with E-state index in [1.807, 2.05) is 25.1 Å². The lowest BCUT2D eigenvalue weighted by Crippen LogP contribution is -2.54. The van der Waals surface area contributed by atoms with Gasteiger partial charge in [0.1, 0.15) is 0 Å². The van der Waals surface area contributed by atoms with Crippen LogP contribution >= 0.6 is 11.8 Å². The summed E-state index contributed by atoms with van der Waals surface area (Å²) in [7, 11) is 1.81. The highest BCUT2D eigenvalue weighted by molar-refractivity contribution is 7.98. The highest BCUT2D eigenvalue weighted by atomic mass is 32.2. The first-order valence-corrected chi connectivity index (χ1v) is 8.44. The van der Waals surface area contributed by atoms with Gasteiger partial charge in [-0.3, -0.25) is 9.69 Å². The molecule has 0 aromatic carbocycles. The normalized spacial score (nSPS) is 20.4. The van der Waals surface area contributed by atoms with E-state index in [1.165, 1.54) is 0 Å². The molecular formula is C13H26N4O3S. The van der Waals surface area contributed by atoms with Gasteiger partial charge in [0.05, 0.1) is 19.3 Å². The van der Waals surface area contributed by atoms with Crippen molar-refractivity contribution in [3.8, 4) is 0 Å². The zero-order valence-corrected chi connectivity index (χ0v) is 13.8. The summed E-state index contributed by atoms with van der Waals surface area (Å²) in [5.74, 6) is 0.523. The minimum absolute atomic E-state index is 0.0533. The standard InChI is InChI=1S/C13H26N4O3S/c1-10(9-21-3)15-13(19)17-4-5-20-11(7-17)6-16(2)8-12(14)18/h10-11H,4-9H2,1-3H3,(H2,14,18)(H,15,19)/t10-,11-/m0/s1. The Morgan fingerprint density at radius 2 is 2.29 bits per heavy atom. The fraction of sp³-hybridized carbons (Fsp3) is 0.846. The largest absolute Gasteiger partial charge is 0.373 e. The third-order valence-electron chi connectivity index (χ3n) is 3.15. The molecule has 1 fully saturated rings. The molecule has 7 nitrogen and oxygen atoms in total. The van der Waals surface area contributed by atoms with Crippen molar-refractivity contribution in [3.05, 3.63) is 0 Å². The molecule has 0 radical (unpaired) electrons. The van der Waals surface area contributed by atoms with Gasteiger partial charge in [0.2, 0.25) is 5.91 Å². The molecule has 0 bridgehead atoms. The minimum Gasteiger partial charge on any atom is -0.373 e. The van der Waals surface area contributed by atoms with Gasteiger partial charge in [0.25, 0.3) is 0 Å². The number of ether oxygens (including phenoxy) is 1. The van der Waals surface area contributed by atoms with Gasteiger partial charge in [-0.1, -0.05) is 0 Å². The smallest absolute Gasteiger partial charge is 0.317 e. The first kappa shape index (κ1) is 18.1. The minimum atomic E-state index is -0.367. The average molecular weight is 318 g/mol. The molecule has 1 heterocycles. The molecule has 2 atom stereocenters. The van der Waals surface area contributed by atoms with Crippen LogP contribution in [0.25, 0.3) is 0 Å². The number of morpholine rings is 1. The second kappa shape index (κ2) is 9.11. The number of primary amides is 1. The van der Waals surface area contributed by atoms with Crippen LogP contribution in [0, 0.1) is 0 Å². The highest BCUT2D eigenvalue weighted by Gasteiger charge is 2.25. The number of nitrogens with zero attached hydrogens (tertiary/aromatic N) is 2. The van der Waals surface area contributed by atoms with Crippen molar-refractivity contribution in [2.75, 3.05) is 51.8 Å². The van der Waals surface area contributed by atoms with Crippen molar-refractivity contribution >= 4 is 23.7 Å². The summed E-state index contributed by atoms with van der Waals surface area (Å²) in [5.41, 5.74) is 5.16. The molecule has 1 aliphatic heterocycles. The Hall–Kier alpha value is -0.990. The fourth-order valence-corrected chi connectivity index (χ4v) is 2.87. The second-order valence-corrected chi connectivity index (χ2v) is 6.32. The lowest BCUT2D eigenvalue weighted by molar-refractivity contribution is -0.119. The molecule has 0 aliphatic carbocycles. The molecule has 3 amide bonds. The zero-order valence-electron chi connectivity index (χ0n) is 13.0. The van der Waals surface area contributed by atoms with Gasteiger partial charge in [-0.25, -0.2) is 4.79 Å². The molecule has 0 unspecified atom stereocenters. The van der Waals surface area contributed by atoms with Crippen LogP contribution in [-0.4, -0.2) is 85.7 Å². The summed E-state index contributed by atoms with van der Waals surface area (Å²) in [6, 6.07) is 0.0914. The van der Waals surface area contributed by atoms with Crippen molar-refractivity contribution in [1.82, 2.24) is 15.1 Å². The van der Waals surface area contributed by atoms with Crippen molar-refractivity contribution in [1.29, 1.82) is 0 Å². The Kier molecular flexibility index (Phi) is 7.84. The fourth-order valence-electron chi connectivity index (χ4n) is 2.29. The van der Waals surface area contributed by atoms with Crippen molar-refractivity contribution in [2.24, 2.45) is 5.73 Å². The van der Waals surface area contributed by atoms with Gasteiger partial charge < -0.3 is 20.7 Å². The van der Waals surface area contributed by atoms with Gasteiger partial charge in [-0.05, 0) is 20.2 Å². The van der Waals surface area contributed by atoms with Crippen LogP contribution in [0.15, 0.2) is 0 Å². The third kappa shape index (κ3) is 7.01. The number of rotatable bonds is 7. The number of carbonyl (C=O) groups excluding carboxylic acids is 2. The summed E-state index contributed by atoms with van der Waals surface area (Å²) in [5, 5.41) is 2.98. The Morgan fingerprint density at radius 1 is 1.57 bits per heavy atom. The van der Waals surface area contributed by atoms with E-state index < -0.39 is 0 Å². The van der Waals surface area contributed by atoms with Gasteiger partial charge in [0, 0.05) is 31.4 Å². The lowest BCUT2D eigenvalue weighted by Gasteiger charge is -2.35. The van der Waals surface area contributed by atoms with Crippen LogP contribution in [0.4, 0.5) is 4.79 Å². The average Bonchev–Trinajstić information content (AvgIpc) is 2.38. The topological polar surface area (TPSA) is 87.9 Å². The monoisotopic (exact) mass is 318 g/mol. The second-order valence-electron chi connectivity index (χ2n) is 5.41. The molecule has 3 N–H and O–H groups in total. The Bertz CT molecular complexity index is 356. The summed E-state index contributed by atoms with van der Waals surface area (Å²) in [6.07, 6.45) is 1.92. The van der Waals surface area contributed by atoms with E-state index in [0.29, 0.717) is 26.2 Å². The molecule has 8 heteroatoms. The highest BCUT2D eigenvalue weighted by Crippen LogP contribution is 2.07. The summed E-state index contributed by atoms with van der Waals surface area (Å²) in [4.78, 5) is 26.6. The number of urea groups is 1. The maximum Gasteiger partial charge on any atom is 0.317 e. The number of thioether (sulfide) groups is 1. The van der Waals surface area contributed by atoms with E-state index >= 15 is 0 Å². The Labute approximate surface area is 130 Å². The SMILES string of the molecule is CSC[C@H](C)NC(=O)N1CCO[C@@H](CN(C)CC(N)=O)C1. The zero-order chi connectivity index (χ0) is 15.8. The van der Waals surface area contributed by atoms with E-state index in [-0.39, 0.29) is 30.6 Å². The number of amides is 3. The molecular weight excluding hydrogens is 292 g/mol. The van der Waals surface area contributed by atoms with Crippen LogP contribution in [0.5, 0.6) is 0 Å². The maximum absolute atomic E-state index is 12.2. The van der Waals surface area contributed by atoms with E-state index in [4.69, 9.17) is 10.5 Å². The predicted octanol–water partition coefficient (Wildman–Crippen LogP) is -0.435. The van der Waals surface area contributed by atoms with Crippen molar-refractivity contribution in [2.45, 2.75) is 19.1 Å². The number of hydrogen-bond acceptors (Lipinski definition) is 5. The first-order valence-electron chi connectivity index (χ1n) is 7.05. The molecule has 21 heavy (non-hydrogen) atoms. The van der Waals surface area contributed by atoms with Crippen LogP contribution in [0.1, 0.15) is 6.92 Å². The summed E-state index contributed by atoms with van der Waals surface area (Å²) < 4.78 is 5.64. The van der Waals surface area contributed by atoms with Gasteiger partial charge >= 0.3 is 6.03 Å². The molecule has 1 rings (SSSR count). The molecule has 0 aromatic rings. The molecule has 1 aliphatic rings. The molecule has 0 spiro atoms. The van der Waals surface area contributed by atoms with E-state index in [0.717, 1.165) is 5.75 Å². The first-order chi connectivity index (χ1) is 9.92. The van der Waals surface area contributed by atoms with Crippen molar-refractivity contribution < 1.29 is 14.3 Å². The molecule has 0 saturated carbocycles. The van der Waals surface area contributed by atoms with Crippen molar-refractivity contribution in [3.63, 3.8) is 0 Å². The lowest BCUT2D eigenvalue weighted by atomic mass is 10.2. The van der Waals surface area contributed by atoms with Crippen LogP contribution in [0.2, 0.25) is 0 Å². The molecule has 122 valence electrons. The van der Waals surface area contributed by atoms with Crippen LogP contribution < -0.4 is 11.1 Å². The molecule has 1 saturated heterocycles. The van der Waals surface area contributed by atoms with Gasteiger partial charge in [0.15, 0.2) is 0 Å². The Balaban J connectivity index is 2.40. The van der Waals surface area contributed by atoms with Crippen LogP contribution in [-0.2, 0) is 9.53 Å². The number of likely N-dealkylation sites (N-methyl/N-ethyl adjacent to an activating group) is 1. The van der Waals surface area contributed by atoms with Gasteiger partial charge in [-0.15, -0.1) is 0 Å². The number of hydrogen-bond donors (Lipinski definition) is 2. The van der Waals surface area contributed by atoms with E-state index in [2.05, 4.69) is 5.32 Å². The van der Waals surface area contributed by atoms with Crippen LogP contribution in [0.3, 0.4) is 0 Å². The van der Waals surface area contributed by atoms with E-state index in [1.54, 1.807) is 16.7 Å². The predicted molar refractivity (Wildman–Crippen MR) is 84.4 cm³/mol. The number of carbonyl (C=O) groups is 2. The van der Waals surface area contributed by atoms with E-state index in [9.17, 15) is 9.59 Å². The number of nitrogens with two attached hydrogens (primary N) is 1. The summed E-state index contributed by atoms with van der Waals surface area (Å²) in [6.45, 7) is 4.39. The maximum atomic E-state index is 12.2. The summed E-state index contributed by atoms with van der Waals surface area (Å²) >= 11 is 1.70. The third-order valence-corrected chi connectivity index (χ3v) is 3.99.